The Morgan fingerprint density at radius 1 is 1.03 bits per heavy atom. The van der Waals surface area contributed by atoms with Crippen LogP contribution in [0.1, 0.15) is 16.2 Å². The van der Waals surface area contributed by atoms with Crippen LogP contribution in [-0.2, 0) is 5.75 Å². The van der Waals surface area contributed by atoms with Gasteiger partial charge in [0.25, 0.3) is 17.2 Å². The first-order valence-corrected chi connectivity index (χ1v) is 10.8. The summed E-state index contributed by atoms with van der Waals surface area (Å²) in [6.07, 6.45) is 1.45. The van der Waals surface area contributed by atoms with E-state index >= 15 is 0 Å². The van der Waals surface area contributed by atoms with Gasteiger partial charge in [0.05, 0.1) is 17.6 Å². The molecule has 5 aromatic rings. The zero-order valence-corrected chi connectivity index (χ0v) is 17.5. The van der Waals surface area contributed by atoms with Crippen molar-refractivity contribution >= 4 is 29.1 Å². The summed E-state index contributed by atoms with van der Waals surface area (Å²) >= 11 is 1.47. The number of aromatic amines is 1. The molecule has 32 heavy (non-hydrogen) atoms. The maximum absolute atomic E-state index is 12.6. The SMILES string of the molecule is O=C(Nc1ccccc1SCc1cc(=O)n2[nH]c(-c3ccccc3)nc2n1)c1ccco1. The predicted molar refractivity (Wildman–Crippen MR) is 122 cm³/mol. The molecule has 2 N–H and O–H groups in total. The van der Waals surface area contributed by atoms with Crippen molar-refractivity contribution < 1.29 is 9.21 Å². The number of H-pyrrole nitrogens is 1. The topological polar surface area (TPSA) is 105 Å². The maximum atomic E-state index is 12.6. The molecule has 2 aromatic carbocycles. The Balaban J connectivity index is 1.37. The van der Waals surface area contributed by atoms with E-state index in [0.717, 1.165) is 10.5 Å². The molecule has 0 fully saturated rings. The van der Waals surface area contributed by atoms with E-state index in [-0.39, 0.29) is 17.2 Å². The molecule has 0 aliphatic rings. The van der Waals surface area contributed by atoms with Gasteiger partial charge in [0, 0.05) is 22.3 Å². The molecule has 0 bridgehead atoms. The molecule has 0 atom stereocenters. The molecule has 3 aromatic heterocycles. The fourth-order valence-electron chi connectivity index (χ4n) is 3.17. The molecule has 0 aliphatic heterocycles. The van der Waals surface area contributed by atoms with Crippen molar-refractivity contribution in [1.29, 1.82) is 0 Å². The van der Waals surface area contributed by atoms with Crippen LogP contribution in [0.3, 0.4) is 0 Å². The normalized spacial score (nSPS) is 11.0. The van der Waals surface area contributed by atoms with Gasteiger partial charge in [-0.25, -0.2) is 4.98 Å². The Morgan fingerprint density at radius 2 is 1.84 bits per heavy atom. The van der Waals surface area contributed by atoms with Crippen molar-refractivity contribution in [2.75, 3.05) is 5.32 Å². The van der Waals surface area contributed by atoms with Crippen LogP contribution in [0.5, 0.6) is 0 Å². The summed E-state index contributed by atoms with van der Waals surface area (Å²) in [6, 6.07) is 21.7. The van der Waals surface area contributed by atoms with Crippen molar-refractivity contribution in [2.24, 2.45) is 0 Å². The molecule has 9 heteroatoms. The van der Waals surface area contributed by atoms with Crippen LogP contribution in [0, 0.1) is 0 Å². The lowest BCUT2D eigenvalue weighted by molar-refractivity contribution is 0.0996. The number of nitrogens with one attached hydrogen (secondary N) is 2. The van der Waals surface area contributed by atoms with Gasteiger partial charge in [0.15, 0.2) is 11.6 Å². The Bertz CT molecular complexity index is 1440. The number of thioether (sulfide) groups is 1. The number of hydrogen-bond acceptors (Lipinski definition) is 6. The molecule has 5 rings (SSSR count). The third-order valence-electron chi connectivity index (χ3n) is 4.69. The minimum atomic E-state index is -0.328. The first kappa shape index (κ1) is 19.8. The van der Waals surface area contributed by atoms with E-state index in [1.165, 1.54) is 28.6 Å². The van der Waals surface area contributed by atoms with E-state index in [0.29, 0.717) is 28.7 Å². The molecular formula is C23H17N5O3S. The molecule has 8 nitrogen and oxygen atoms in total. The minimum absolute atomic E-state index is 0.234. The second kappa shape index (κ2) is 8.56. The van der Waals surface area contributed by atoms with Crippen molar-refractivity contribution in [2.45, 2.75) is 10.6 Å². The van der Waals surface area contributed by atoms with Crippen LogP contribution >= 0.6 is 11.8 Å². The summed E-state index contributed by atoms with van der Waals surface area (Å²) < 4.78 is 6.48. The van der Waals surface area contributed by atoms with E-state index in [1.807, 2.05) is 54.6 Å². The van der Waals surface area contributed by atoms with Crippen molar-refractivity contribution in [3.63, 3.8) is 0 Å². The average Bonchev–Trinajstić information content (AvgIpc) is 3.50. The lowest BCUT2D eigenvalue weighted by Crippen LogP contribution is -2.15. The zero-order valence-electron chi connectivity index (χ0n) is 16.7. The number of anilines is 1. The number of aromatic nitrogens is 4. The maximum Gasteiger partial charge on any atom is 0.291 e. The van der Waals surface area contributed by atoms with Gasteiger partial charge >= 0.3 is 0 Å². The highest BCUT2D eigenvalue weighted by Crippen LogP contribution is 2.29. The number of benzene rings is 2. The molecule has 158 valence electrons. The number of para-hydroxylation sites is 1. The second-order valence-electron chi connectivity index (χ2n) is 6.88. The summed E-state index contributed by atoms with van der Waals surface area (Å²) in [4.78, 5) is 34.7. The van der Waals surface area contributed by atoms with E-state index < -0.39 is 0 Å². The average molecular weight is 443 g/mol. The van der Waals surface area contributed by atoms with Gasteiger partial charge in [-0.1, -0.05) is 42.5 Å². The first-order chi connectivity index (χ1) is 15.7. The van der Waals surface area contributed by atoms with E-state index in [1.54, 1.807) is 12.1 Å². The monoisotopic (exact) mass is 443 g/mol. The van der Waals surface area contributed by atoms with Gasteiger partial charge in [0.2, 0.25) is 0 Å². The number of amides is 1. The lowest BCUT2D eigenvalue weighted by atomic mass is 10.2. The van der Waals surface area contributed by atoms with Crippen LogP contribution in [0.2, 0.25) is 0 Å². The number of carbonyl (C=O) groups is 1. The third kappa shape index (κ3) is 4.06. The summed E-state index contributed by atoms with van der Waals surface area (Å²) in [5, 5.41) is 5.85. The highest BCUT2D eigenvalue weighted by molar-refractivity contribution is 7.98. The van der Waals surface area contributed by atoms with Gasteiger partial charge < -0.3 is 9.73 Å². The van der Waals surface area contributed by atoms with Gasteiger partial charge in [-0.2, -0.15) is 9.50 Å². The smallest absolute Gasteiger partial charge is 0.291 e. The highest BCUT2D eigenvalue weighted by Gasteiger charge is 2.13. The van der Waals surface area contributed by atoms with E-state index in [9.17, 15) is 9.59 Å². The highest BCUT2D eigenvalue weighted by atomic mass is 32.2. The number of carbonyl (C=O) groups excluding carboxylic acids is 1. The Morgan fingerprint density at radius 3 is 2.66 bits per heavy atom. The molecule has 0 unspecified atom stereocenters. The molecule has 1 amide bonds. The van der Waals surface area contributed by atoms with Crippen molar-refractivity contribution in [1.82, 2.24) is 19.6 Å². The number of furan rings is 1. The summed E-state index contributed by atoms with van der Waals surface area (Å²) in [5.41, 5.74) is 1.88. The fraction of sp³-hybridized carbons (Fsp3) is 0.0435. The lowest BCUT2D eigenvalue weighted by Gasteiger charge is -2.09. The largest absolute Gasteiger partial charge is 0.459 e. The van der Waals surface area contributed by atoms with Crippen LogP contribution < -0.4 is 10.9 Å². The molecule has 0 spiro atoms. The van der Waals surface area contributed by atoms with Crippen molar-refractivity contribution in [3.8, 4) is 11.4 Å². The Kier molecular flexibility index (Phi) is 5.30. The molecular weight excluding hydrogens is 426 g/mol. The van der Waals surface area contributed by atoms with Gasteiger partial charge in [-0.3, -0.25) is 14.7 Å². The Hall–Kier alpha value is -4.11. The summed E-state index contributed by atoms with van der Waals surface area (Å²) in [6.45, 7) is 0. The number of hydrogen-bond donors (Lipinski definition) is 2. The van der Waals surface area contributed by atoms with Crippen LogP contribution in [0.4, 0.5) is 5.69 Å². The van der Waals surface area contributed by atoms with Gasteiger partial charge in [-0.05, 0) is 24.3 Å². The fourth-order valence-corrected chi connectivity index (χ4v) is 4.07. The second-order valence-corrected chi connectivity index (χ2v) is 7.89. The van der Waals surface area contributed by atoms with Gasteiger partial charge in [0.1, 0.15) is 0 Å². The molecule has 3 heterocycles. The van der Waals surface area contributed by atoms with E-state index in [4.69, 9.17) is 4.42 Å². The van der Waals surface area contributed by atoms with Crippen LogP contribution in [0.25, 0.3) is 17.2 Å². The van der Waals surface area contributed by atoms with Crippen LogP contribution in [-0.4, -0.2) is 25.5 Å². The Labute approximate surface area is 186 Å². The molecule has 0 saturated carbocycles. The van der Waals surface area contributed by atoms with Crippen LogP contribution in [0.15, 0.2) is 93.2 Å². The van der Waals surface area contributed by atoms with Gasteiger partial charge in [-0.15, -0.1) is 11.8 Å². The molecule has 0 radical (unpaired) electrons. The predicted octanol–water partition coefficient (Wildman–Crippen LogP) is 4.22. The molecule has 0 saturated heterocycles. The summed E-state index contributed by atoms with van der Waals surface area (Å²) in [5.74, 6) is 1.23. The number of fused-ring (bicyclic) bond motifs is 1. The molecule has 0 aliphatic carbocycles. The minimum Gasteiger partial charge on any atom is -0.459 e. The first-order valence-electron chi connectivity index (χ1n) is 9.78. The number of nitrogens with zero attached hydrogens (tertiary/aromatic N) is 3. The summed E-state index contributed by atoms with van der Waals surface area (Å²) in [7, 11) is 0. The number of rotatable bonds is 6. The van der Waals surface area contributed by atoms with Crippen molar-refractivity contribution in [3.05, 3.63) is 101 Å². The quantitative estimate of drug-likeness (QED) is 0.381. The third-order valence-corrected chi connectivity index (χ3v) is 5.79. The standard InChI is InChI=1S/C23H17N5O3S/c29-20-13-16(24-23-26-21(27-28(20)23)15-7-2-1-3-8-15)14-32-19-11-5-4-9-17(19)25-22(30)18-10-6-12-31-18/h1-13H,14H2,(H,25,30)(H,24,26,27). The van der Waals surface area contributed by atoms with E-state index in [2.05, 4.69) is 20.4 Å². The zero-order chi connectivity index (χ0) is 21.9.